The van der Waals surface area contributed by atoms with Crippen molar-refractivity contribution < 1.29 is 32.4 Å². The molecule has 0 aliphatic heterocycles. The van der Waals surface area contributed by atoms with Gasteiger partial charge >= 0.3 is 11.9 Å². The quantitative estimate of drug-likeness (QED) is 0.361. The maximum Gasteiger partial charge on any atom is 0.348 e. The van der Waals surface area contributed by atoms with Crippen molar-refractivity contribution in [1.82, 2.24) is 0 Å². The molecule has 12 heteroatoms. The maximum atomic E-state index is 12.9. The van der Waals surface area contributed by atoms with Gasteiger partial charge in [-0.2, -0.15) is 0 Å². The van der Waals surface area contributed by atoms with Crippen LogP contribution in [0, 0.1) is 17.0 Å². The monoisotopic (exact) mass is 456 g/mol. The molecular weight excluding hydrogens is 436 g/mol. The third-order valence-corrected chi connectivity index (χ3v) is 6.45. The Labute approximate surface area is 177 Å². The third-order valence-electron chi connectivity index (χ3n) is 3.73. The van der Waals surface area contributed by atoms with Gasteiger partial charge in [-0.1, -0.05) is 12.1 Å². The van der Waals surface area contributed by atoms with Crippen molar-refractivity contribution in [1.29, 1.82) is 0 Å². The van der Waals surface area contributed by atoms with E-state index in [0.717, 1.165) is 12.1 Å². The lowest BCUT2D eigenvalue weighted by Gasteiger charge is -2.09. The van der Waals surface area contributed by atoms with E-state index >= 15 is 0 Å². The highest BCUT2D eigenvalue weighted by Crippen LogP contribution is 2.36. The van der Waals surface area contributed by atoms with E-state index in [9.17, 15) is 28.1 Å². The van der Waals surface area contributed by atoms with Crippen LogP contribution in [-0.2, 0) is 19.5 Å². The van der Waals surface area contributed by atoms with E-state index in [2.05, 4.69) is 4.72 Å². The molecule has 0 unspecified atom stereocenters. The lowest BCUT2D eigenvalue weighted by Crippen LogP contribution is -2.16. The molecule has 162 valence electrons. The number of nitrogens with zero attached hydrogens (tertiary/aromatic N) is 1. The van der Waals surface area contributed by atoms with Gasteiger partial charge in [0.05, 0.1) is 23.2 Å². The molecule has 1 heterocycles. The summed E-state index contributed by atoms with van der Waals surface area (Å²) in [6.45, 7) is 6.35. The maximum absolute atomic E-state index is 12.9. The van der Waals surface area contributed by atoms with E-state index in [1.165, 1.54) is 19.1 Å². The fourth-order valence-electron chi connectivity index (χ4n) is 2.51. The highest BCUT2D eigenvalue weighted by molar-refractivity contribution is 7.93. The van der Waals surface area contributed by atoms with Crippen LogP contribution in [0.1, 0.15) is 46.4 Å². The molecule has 0 aliphatic carbocycles. The Morgan fingerprint density at radius 3 is 2.43 bits per heavy atom. The summed E-state index contributed by atoms with van der Waals surface area (Å²) >= 11 is 0.691. The lowest BCUT2D eigenvalue weighted by molar-refractivity contribution is -0.387. The molecule has 30 heavy (non-hydrogen) atoms. The van der Waals surface area contributed by atoms with Crippen LogP contribution in [-0.4, -0.2) is 38.0 Å². The Kier molecular flexibility index (Phi) is 7.16. The first-order valence-electron chi connectivity index (χ1n) is 8.77. The molecule has 0 saturated heterocycles. The average molecular weight is 456 g/mol. The van der Waals surface area contributed by atoms with Crippen LogP contribution < -0.4 is 4.72 Å². The summed E-state index contributed by atoms with van der Waals surface area (Å²) in [5.74, 6) is -1.57. The Balaban J connectivity index is 2.59. The van der Waals surface area contributed by atoms with E-state index in [-0.39, 0.29) is 27.6 Å². The predicted molar refractivity (Wildman–Crippen MR) is 109 cm³/mol. The first kappa shape index (κ1) is 23.3. The Morgan fingerprint density at radius 2 is 1.87 bits per heavy atom. The topological polar surface area (TPSA) is 142 Å². The van der Waals surface area contributed by atoms with Gasteiger partial charge in [0.25, 0.3) is 15.7 Å². The first-order chi connectivity index (χ1) is 14.0. The number of nitro benzene ring substituents is 1. The first-order valence-corrected chi connectivity index (χ1v) is 11.1. The fraction of sp³-hybridized carbons (Fsp3) is 0.333. The number of carbonyl (C=O) groups is 2. The van der Waals surface area contributed by atoms with Gasteiger partial charge < -0.3 is 9.47 Å². The zero-order chi connectivity index (χ0) is 22.6. The summed E-state index contributed by atoms with van der Waals surface area (Å²) in [6, 6.07) is 4.78. The van der Waals surface area contributed by atoms with Gasteiger partial charge in [0.15, 0.2) is 4.90 Å². The number of nitro groups is 1. The van der Waals surface area contributed by atoms with Crippen LogP contribution in [0.2, 0.25) is 0 Å². The molecule has 0 bridgehead atoms. The average Bonchev–Trinajstić information content (AvgIpc) is 2.96. The van der Waals surface area contributed by atoms with Crippen LogP contribution >= 0.6 is 11.3 Å². The van der Waals surface area contributed by atoms with Gasteiger partial charge in [-0.3, -0.25) is 14.8 Å². The van der Waals surface area contributed by atoms with Gasteiger partial charge in [-0.25, -0.2) is 18.0 Å². The van der Waals surface area contributed by atoms with Crippen molar-refractivity contribution >= 4 is 44.0 Å². The highest BCUT2D eigenvalue weighted by Gasteiger charge is 2.31. The number of ether oxygens (including phenoxy) is 2. The number of sulfonamides is 1. The molecule has 0 fully saturated rings. The largest absolute Gasteiger partial charge is 0.462 e. The van der Waals surface area contributed by atoms with Gasteiger partial charge in [-0.05, 0) is 39.3 Å². The van der Waals surface area contributed by atoms with Crippen LogP contribution in [0.5, 0.6) is 0 Å². The fourth-order valence-corrected chi connectivity index (χ4v) is 5.07. The second-order valence-corrected chi connectivity index (χ2v) is 8.94. The summed E-state index contributed by atoms with van der Waals surface area (Å²) in [4.78, 5) is 34.6. The minimum atomic E-state index is -4.45. The molecular formula is C18H20N2O8S2. The van der Waals surface area contributed by atoms with Crippen molar-refractivity contribution in [3.63, 3.8) is 0 Å². The number of hydrogen-bond acceptors (Lipinski definition) is 9. The number of anilines is 1. The molecule has 0 atom stereocenters. The molecule has 1 aromatic carbocycles. The molecule has 0 spiro atoms. The summed E-state index contributed by atoms with van der Waals surface area (Å²) in [5, 5.41) is 11.0. The number of nitrogens with one attached hydrogen (secondary N) is 1. The number of carbonyl (C=O) groups excluding carboxylic acids is 2. The normalized spacial score (nSPS) is 11.2. The number of esters is 2. The van der Waals surface area contributed by atoms with Crippen molar-refractivity contribution in [3.8, 4) is 0 Å². The highest BCUT2D eigenvalue weighted by atomic mass is 32.2. The summed E-state index contributed by atoms with van der Waals surface area (Å²) in [5.41, 5.74) is -0.598. The Bertz CT molecular complexity index is 1090. The van der Waals surface area contributed by atoms with Crippen molar-refractivity contribution in [2.24, 2.45) is 0 Å². The molecule has 2 aromatic rings. The van der Waals surface area contributed by atoms with Gasteiger partial charge in [-0.15, -0.1) is 11.3 Å². The Hall–Kier alpha value is -2.99. The summed E-state index contributed by atoms with van der Waals surface area (Å²) in [7, 11) is -4.45. The van der Waals surface area contributed by atoms with E-state index in [1.54, 1.807) is 20.8 Å². The molecule has 0 radical (unpaired) electrons. The second kappa shape index (κ2) is 9.22. The lowest BCUT2D eigenvalue weighted by atomic mass is 10.1. The predicted octanol–water partition coefficient (Wildman–Crippen LogP) is 3.51. The van der Waals surface area contributed by atoms with E-state index in [0.29, 0.717) is 11.3 Å². The number of para-hydroxylation sites is 1. The van der Waals surface area contributed by atoms with Crippen molar-refractivity contribution in [2.45, 2.75) is 38.7 Å². The minimum Gasteiger partial charge on any atom is -0.462 e. The minimum absolute atomic E-state index is 0.0204. The SMILES string of the molecule is CCOC(=O)c1c(NS(=O)(=O)c2ccccc2[N+](=O)[O-])sc(C(=O)OC(C)C)c1C. The van der Waals surface area contributed by atoms with Crippen molar-refractivity contribution in [3.05, 3.63) is 50.4 Å². The molecule has 1 aromatic heterocycles. The molecule has 1 N–H and O–H groups in total. The molecule has 0 amide bonds. The number of hydrogen-bond donors (Lipinski definition) is 1. The second-order valence-electron chi connectivity index (χ2n) is 6.27. The molecule has 10 nitrogen and oxygen atoms in total. The van der Waals surface area contributed by atoms with Crippen LogP contribution in [0.4, 0.5) is 10.7 Å². The zero-order valence-corrected chi connectivity index (χ0v) is 18.3. The molecule has 0 aliphatic rings. The number of benzene rings is 1. The standard InChI is InChI=1S/C18H20N2O8S2/c1-5-27-17(21)14-11(4)15(18(22)28-10(2)3)29-16(14)19-30(25,26)13-9-7-6-8-12(13)20(23)24/h6-10,19H,5H2,1-4H3. The zero-order valence-electron chi connectivity index (χ0n) is 16.6. The van der Waals surface area contributed by atoms with Gasteiger partial charge in [0.2, 0.25) is 0 Å². The Morgan fingerprint density at radius 1 is 1.23 bits per heavy atom. The van der Waals surface area contributed by atoms with Crippen LogP contribution in [0.25, 0.3) is 0 Å². The molecule has 2 rings (SSSR count). The van der Waals surface area contributed by atoms with Crippen LogP contribution in [0.15, 0.2) is 29.2 Å². The van der Waals surface area contributed by atoms with Crippen LogP contribution in [0.3, 0.4) is 0 Å². The van der Waals surface area contributed by atoms with Gasteiger partial charge in [0, 0.05) is 6.07 Å². The molecule has 0 saturated carbocycles. The van der Waals surface area contributed by atoms with E-state index < -0.39 is 43.6 Å². The van der Waals surface area contributed by atoms with E-state index in [4.69, 9.17) is 9.47 Å². The summed E-state index contributed by atoms with van der Waals surface area (Å²) in [6.07, 6.45) is -0.433. The smallest absolute Gasteiger partial charge is 0.348 e. The summed E-state index contributed by atoms with van der Waals surface area (Å²) < 4.78 is 38.0. The van der Waals surface area contributed by atoms with Crippen molar-refractivity contribution in [2.75, 3.05) is 11.3 Å². The number of thiophene rings is 1. The van der Waals surface area contributed by atoms with E-state index in [1.807, 2.05) is 0 Å². The van der Waals surface area contributed by atoms with Gasteiger partial charge in [0.1, 0.15) is 9.88 Å². The number of rotatable bonds is 8. The third kappa shape index (κ3) is 4.94.